The van der Waals surface area contributed by atoms with Crippen LogP contribution < -0.4 is 4.90 Å². The van der Waals surface area contributed by atoms with Crippen molar-refractivity contribution in [3.63, 3.8) is 0 Å². The van der Waals surface area contributed by atoms with Gasteiger partial charge in [-0.2, -0.15) is 10.2 Å². The zero-order valence-corrected chi connectivity index (χ0v) is 12.0. The van der Waals surface area contributed by atoms with Crippen LogP contribution in [0.2, 0.25) is 5.15 Å². The molecule has 0 aromatic carbocycles. The van der Waals surface area contributed by atoms with Gasteiger partial charge in [0.25, 0.3) is 0 Å². The van der Waals surface area contributed by atoms with Crippen molar-refractivity contribution in [3.8, 4) is 6.07 Å². The quantitative estimate of drug-likeness (QED) is 0.628. The van der Waals surface area contributed by atoms with Crippen molar-refractivity contribution in [2.24, 2.45) is 0 Å². The van der Waals surface area contributed by atoms with Crippen molar-refractivity contribution in [2.75, 3.05) is 24.6 Å². The van der Waals surface area contributed by atoms with Crippen molar-refractivity contribution in [1.29, 1.82) is 5.26 Å². The molecular weight excluding hydrogens is 280 g/mol. The van der Waals surface area contributed by atoms with Crippen LogP contribution in [0.1, 0.15) is 42.2 Å². The number of anilines is 1. The molecule has 0 radical (unpaired) electrons. The van der Waals surface area contributed by atoms with Gasteiger partial charge in [-0.15, -0.1) is 0 Å². The van der Waals surface area contributed by atoms with Crippen molar-refractivity contribution >= 4 is 23.5 Å². The lowest BCUT2D eigenvalue weighted by Gasteiger charge is -2.26. The standard InChI is InChI=1S/C13H15ClN4O2/c1-2-20-12(19)10-9(8-15)11(14)17-13(16-10)18-6-4-3-5-7-18/h2-7H2,1H3. The Bertz CT molecular complexity index is 550. The van der Waals surface area contributed by atoms with Gasteiger partial charge in [-0.05, 0) is 26.2 Å². The van der Waals surface area contributed by atoms with Crippen molar-refractivity contribution in [3.05, 3.63) is 16.4 Å². The number of rotatable bonds is 3. The van der Waals surface area contributed by atoms with Gasteiger partial charge in [-0.3, -0.25) is 0 Å². The molecule has 0 amide bonds. The van der Waals surface area contributed by atoms with Gasteiger partial charge >= 0.3 is 5.97 Å². The second kappa shape index (κ2) is 6.53. The molecule has 7 heteroatoms. The average Bonchev–Trinajstić information content (AvgIpc) is 2.47. The van der Waals surface area contributed by atoms with Gasteiger partial charge in [-0.25, -0.2) is 9.78 Å². The lowest BCUT2D eigenvalue weighted by molar-refractivity contribution is 0.0519. The summed E-state index contributed by atoms with van der Waals surface area (Å²) in [5.41, 5.74) is -0.0965. The fourth-order valence-corrected chi connectivity index (χ4v) is 2.31. The van der Waals surface area contributed by atoms with Crippen LogP contribution >= 0.6 is 11.6 Å². The Labute approximate surface area is 122 Å². The summed E-state index contributed by atoms with van der Waals surface area (Å²) in [5, 5.41) is 9.07. The van der Waals surface area contributed by atoms with Gasteiger partial charge in [0.2, 0.25) is 5.95 Å². The van der Waals surface area contributed by atoms with E-state index in [4.69, 9.17) is 21.6 Å². The van der Waals surface area contributed by atoms with E-state index < -0.39 is 5.97 Å². The Kier molecular flexibility index (Phi) is 4.74. The Balaban J connectivity index is 2.40. The Morgan fingerprint density at radius 3 is 2.70 bits per heavy atom. The highest BCUT2D eigenvalue weighted by Gasteiger charge is 2.23. The zero-order valence-electron chi connectivity index (χ0n) is 11.2. The molecule has 2 heterocycles. The summed E-state index contributed by atoms with van der Waals surface area (Å²) in [5.74, 6) is -0.261. The highest BCUT2D eigenvalue weighted by Crippen LogP contribution is 2.23. The number of ether oxygens (including phenoxy) is 1. The van der Waals surface area contributed by atoms with E-state index in [0.29, 0.717) is 5.95 Å². The summed E-state index contributed by atoms with van der Waals surface area (Å²) in [6.45, 7) is 3.55. The molecule has 0 aliphatic carbocycles. The Morgan fingerprint density at radius 2 is 2.10 bits per heavy atom. The summed E-state index contributed by atoms with van der Waals surface area (Å²) in [6, 6.07) is 1.86. The van der Waals surface area contributed by atoms with E-state index in [9.17, 15) is 4.79 Å². The number of nitriles is 1. The largest absolute Gasteiger partial charge is 0.461 e. The summed E-state index contributed by atoms with van der Waals surface area (Å²) in [6.07, 6.45) is 3.27. The third kappa shape index (κ3) is 2.99. The van der Waals surface area contributed by atoms with E-state index in [1.54, 1.807) is 6.92 Å². The number of hydrogen-bond donors (Lipinski definition) is 0. The van der Waals surface area contributed by atoms with E-state index in [-0.39, 0.29) is 23.0 Å². The molecule has 2 rings (SSSR count). The smallest absolute Gasteiger partial charge is 0.358 e. The molecule has 0 unspecified atom stereocenters. The number of carbonyl (C=O) groups excluding carboxylic acids is 1. The monoisotopic (exact) mass is 294 g/mol. The van der Waals surface area contributed by atoms with Crippen molar-refractivity contribution < 1.29 is 9.53 Å². The second-order valence-corrected chi connectivity index (χ2v) is 4.78. The molecule has 0 saturated carbocycles. The van der Waals surface area contributed by atoms with Crippen LogP contribution in [0.4, 0.5) is 5.95 Å². The summed E-state index contributed by atoms with van der Waals surface area (Å²) < 4.78 is 4.91. The van der Waals surface area contributed by atoms with Crippen molar-refractivity contribution in [1.82, 2.24) is 9.97 Å². The van der Waals surface area contributed by atoms with Crippen molar-refractivity contribution in [2.45, 2.75) is 26.2 Å². The number of piperidine rings is 1. The molecule has 1 aliphatic heterocycles. The molecule has 20 heavy (non-hydrogen) atoms. The molecule has 0 N–H and O–H groups in total. The first-order valence-electron chi connectivity index (χ1n) is 6.57. The van der Waals surface area contributed by atoms with E-state index >= 15 is 0 Å². The molecule has 0 atom stereocenters. The third-order valence-corrected chi connectivity index (χ3v) is 3.35. The maximum atomic E-state index is 11.9. The fraction of sp³-hybridized carbons (Fsp3) is 0.538. The van der Waals surface area contributed by atoms with E-state index in [1.807, 2.05) is 11.0 Å². The van der Waals surface area contributed by atoms with Gasteiger partial charge < -0.3 is 9.64 Å². The molecule has 1 saturated heterocycles. The number of hydrogen-bond acceptors (Lipinski definition) is 6. The first-order valence-corrected chi connectivity index (χ1v) is 6.95. The molecule has 0 spiro atoms. The third-order valence-electron chi connectivity index (χ3n) is 3.07. The van der Waals surface area contributed by atoms with E-state index in [0.717, 1.165) is 25.9 Å². The van der Waals surface area contributed by atoms with Crippen LogP contribution in [-0.4, -0.2) is 35.6 Å². The topological polar surface area (TPSA) is 79.1 Å². The van der Waals surface area contributed by atoms with Crippen LogP contribution in [0, 0.1) is 11.3 Å². The highest BCUT2D eigenvalue weighted by atomic mass is 35.5. The minimum Gasteiger partial charge on any atom is -0.461 e. The van der Waals surface area contributed by atoms with Gasteiger partial charge in [0.05, 0.1) is 6.61 Å². The number of nitrogens with zero attached hydrogens (tertiary/aromatic N) is 4. The molecule has 6 nitrogen and oxygen atoms in total. The zero-order chi connectivity index (χ0) is 14.5. The molecular formula is C13H15ClN4O2. The maximum Gasteiger partial charge on any atom is 0.358 e. The van der Waals surface area contributed by atoms with Crippen LogP contribution in [0.25, 0.3) is 0 Å². The number of aromatic nitrogens is 2. The Morgan fingerprint density at radius 1 is 1.40 bits per heavy atom. The van der Waals surface area contributed by atoms with Gasteiger partial charge in [-0.1, -0.05) is 11.6 Å². The maximum absolute atomic E-state index is 11.9. The second-order valence-electron chi connectivity index (χ2n) is 4.42. The first-order chi connectivity index (χ1) is 9.67. The lowest BCUT2D eigenvalue weighted by atomic mass is 10.1. The molecule has 1 aromatic heterocycles. The Hall–Kier alpha value is -1.87. The predicted molar refractivity (Wildman–Crippen MR) is 73.8 cm³/mol. The molecule has 0 bridgehead atoms. The highest BCUT2D eigenvalue weighted by molar-refractivity contribution is 6.31. The van der Waals surface area contributed by atoms with Gasteiger partial charge in [0.1, 0.15) is 11.6 Å². The van der Waals surface area contributed by atoms with E-state index in [1.165, 1.54) is 6.42 Å². The minimum atomic E-state index is -0.647. The van der Waals surface area contributed by atoms with Gasteiger partial charge in [0, 0.05) is 13.1 Å². The van der Waals surface area contributed by atoms with E-state index in [2.05, 4.69) is 9.97 Å². The number of halogens is 1. The fourth-order valence-electron chi connectivity index (χ4n) is 2.10. The molecule has 106 valence electrons. The van der Waals surface area contributed by atoms with Crippen LogP contribution in [0.3, 0.4) is 0 Å². The summed E-state index contributed by atoms with van der Waals surface area (Å²) in [7, 11) is 0. The van der Waals surface area contributed by atoms with Crippen LogP contribution in [-0.2, 0) is 4.74 Å². The first kappa shape index (κ1) is 14.5. The number of carbonyl (C=O) groups is 1. The van der Waals surface area contributed by atoms with Crippen LogP contribution in [0.5, 0.6) is 0 Å². The predicted octanol–water partition coefficient (Wildman–Crippen LogP) is 2.17. The summed E-state index contributed by atoms with van der Waals surface area (Å²) in [4.78, 5) is 22.1. The minimum absolute atomic E-state index is 0.00822. The lowest BCUT2D eigenvalue weighted by Crippen LogP contribution is -2.31. The normalized spacial score (nSPS) is 14.8. The number of esters is 1. The van der Waals surface area contributed by atoms with Gasteiger partial charge in [0.15, 0.2) is 10.8 Å². The molecule has 1 aromatic rings. The van der Waals surface area contributed by atoms with Crippen LogP contribution in [0.15, 0.2) is 0 Å². The molecule has 1 aliphatic rings. The SMILES string of the molecule is CCOC(=O)c1nc(N2CCCCC2)nc(Cl)c1C#N. The summed E-state index contributed by atoms with van der Waals surface area (Å²) >= 11 is 5.99. The average molecular weight is 295 g/mol. The molecule has 1 fully saturated rings.